The Hall–Kier alpha value is -4.50. The van der Waals surface area contributed by atoms with Crippen molar-refractivity contribution < 1.29 is 9.15 Å². The van der Waals surface area contributed by atoms with Gasteiger partial charge in [-0.25, -0.2) is 4.68 Å². The summed E-state index contributed by atoms with van der Waals surface area (Å²) in [5, 5.41) is 9.20. The van der Waals surface area contributed by atoms with Crippen LogP contribution in [0.5, 0.6) is 5.75 Å². The van der Waals surface area contributed by atoms with Crippen molar-refractivity contribution in [3.05, 3.63) is 99.1 Å². The Balaban J connectivity index is 1.51. The first kappa shape index (κ1) is 21.1. The molecule has 0 saturated carbocycles. The number of rotatable bonds is 5. The van der Waals surface area contributed by atoms with Crippen LogP contribution in [0.2, 0.25) is 0 Å². The summed E-state index contributed by atoms with van der Waals surface area (Å²) in [6.07, 6.45) is 5.32. The van der Waals surface area contributed by atoms with Crippen LogP contribution in [-0.4, -0.2) is 31.5 Å². The van der Waals surface area contributed by atoms with E-state index < -0.39 is 0 Å². The minimum absolute atomic E-state index is 0.236. The number of hydrogen-bond donors (Lipinski definition) is 0. The Morgan fingerprint density at radius 1 is 1.06 bits per heavy atom. The highest BCUT2D eigenvalue weighted by Gasteiger charge is 2.16. The van der Waals surface area contributed by atoms with Gasteiger partial charge in [-0.1, -0.05) is 29.5 Å². The van der Waals surface area contributed by atoms with E-state index in [0.717, 1.165) is 33.8 Å². The lowest BCUT2D eigenvalue weighted by atomic mass is 10.0. The minimum Gasteiger partial charge on any atom is -0.496 e. The number of fused-ring (bicyclic) bond motifs is 1. The summed E-state index contributed by atoms with van der Waals surface area (Å²) in [6.45, 7) is 1.99. The van der Waals surface area contributed by atoms with Gasteiger partial charge in [0.25, 0.3) is 5.56 Å². The molecule has 0 aliphatic carbocycles. The molecule has 6 rings (SSSR count). The van der Waals surface area contributed by atoms with Crippen molar-refractivity contribution in [3.8, 4) is 34.3 Å². The van der Waals surface area contributed by atoms with Gasteiger partial charge in [-0.2, -0.15) is 14.6 Å². The predicted molar refractivity (Wildman–Crippen MR) is 134 cm³/mol. The molecule has 0 radical (unpaired) electrons. The van der Waals surface area contributed by atoms with Gasteiger partial charge in [-0.3, -0.25) is 4.79 Å². The van der Waals surface area contributed by atoms with Crippen LogP contribution in [0.15, 0.2) is 82.3 Å². The molecule has 0 aliphatic rings. The highest BCUT2D eigenvalue weighted by atomic mass is 32.1. The molecule has 0 amide bonds. The molecular weight excluding hydrogens is 462 g/mol. The van der Waals surface area contributed by atoms with Crippen LogP contribution < -0.4 is 14.8 Å². The summed E-state index contributed by atoms with van der Waals surface area (Å²) in [5.74, 6) is 1.71. The molecule has 6 aromatic rings. The Labute approximate surface area is 203 Å². The van der Waals surface area contributed by atoms with Gasteiger partial charge < -0.3 is 9.15 Å². The number of aromatic nitrogens is 5. The molecule has 2 aromatic carbocycles. The number of ether oxygens (including phenoxy) is 1. The van der Waals surface area contributed by atoms with E-state index in [1.165, 1.54) is 15.9 Å². The van der Waals surface area contributed by atoms with E-state index in [9.17, 15) is 4.79 Å². The largest absolute Gasteiger partial charge is 0.496 e. The molecule has 0 unspecified atom stereocenters. The highest BCUT2D eigenvalue weighted by Crippen LogP contribution is 2.29. The summed E-state index contributed by atoms with van der Waals surface area (Å²) in [7, 11) is 1.65. The minimum atomic E-state index is -0.236. The van der Waals surface area contributed by atoms with Crippen LogP contribution in [0.4, 0.5) is 0 Å². The third kappa shape index (κ3) is 3.71. The molecule has 9 heteroatoms. The van der Waals surface area contributed by atoms with Gasteiger partial charge in [0, 0.05) is 17.3 Å². The summed E-state index contributed by atoms with van der Waals surface area (Å²) in [5.41, 5.74) is 4.18. The van der Waals surface area contributed by atoms with Crippen LogP contribution in [0, 0.1) is 6.92 Å². The molecule has 0 N–H and O–H groups in total. The topological polar surface area (TPSA) is 87.4 Å². The Kier molecular flexibility index (Phi) is 5.04. The molecule has 0 fully saturated rings. The smallest absolute Gasteiger partial charge is 0.291 e. The zero-order chi connectivity index (χ0) is 23.9. The van der Waals surface area contributed by atoms with Gasteiger partial charge in [0.1, 0.15) is 11.4 Å². The molecule has 0 aliphatic heterocycles. The van der Waals surface area contributed by atoms with E-state index in [1.807, 2.05) is 72.4 Å². The van der Waals surface area contributed by atoms with Gasteiger partial charge in [0.15, 0.2) is 5.76 Å². The van der Waals surface area contributed by atoms with Crippen molar-refractivity contribution in [2.75, 3.05) is 7.11 Å². The van der Waals surface area contributed by atoms with Gasteiger partial charge >= 0.3 is 0 Å². The predicted octanol–water partition coefficient (Wildman–Crippen LogP) is 4.13. The molecule has 8 nitrogen and oxygen atoms in total. The number of thiazole rings is 1. The van der Waals surface area contributed by atoms with Crippen LogP contribution >= 0.6 is 11.3 Å². The average molecular weight is 482 g/mol. The lowest BCUT2D eigenvalue weighted by Gasteiger charge is -2.06. The van der Waals surface area contributed by atoms with E-state index in [-0.39, 0.29) is 5.56 Å². The molecule has 0 atom stereocenters. The summed E-state index contributed by atoms with van der Waals surface area (Å²) < 4.78 is 14.4. The van der Waals surface area contributed by atoms with E-state index >= 15 is 0 Å². The maximum absolute atomic E-state index is 13.1. The number of para-hydroxylation sites is 1. The second-order valence-corrected chi connectivity index (χ2v) is 8.93. The Morgan fingerprint density at radius 3 is 2.63 bits per heavy atom. The first-order chi connectivity index (χ1) is 17.1. The van der Waals surface area contributed by atoms with Crippen LogP contribution in [-0.2, 0) is 0 Å². The van der Waals surface area contributed by atoms with Crippen molar-refractivity contribution in [1.29, 1.82) is 0 Å². The van der Waals surface area contributed by atoms with E-state index in [0.29, 0.717) is 21.1 Å². The first-order valence-corrected chi connectivity index (χ1v) is 11.7. The van der Waals surface area contributed by atoms with E-state index in [4.69, 9.17) is 14.3 Å². The molecule has 35 heavy (non-hydrogen) atoms. The normalized spacial score (nSPS) is 12.0. The third-order valence-electron chi connectivity index (χ3n) is 5.64. The molecule has 4 heterocycles. The molecule has 0 bridgehead atoms. The lowest BCUT2D eigenvalue weighted by Crippen LogP contribution is -2.23. The fourth-order valence-electron chi connectivity index (χ4n) is 3.94. The second kappa shape index (κ2) is 8.37. The summed E-state index contributed by atoms with van der Waals surface area (Å²) in [6, 6.07) is 19.3. The number of benzene rings is 2. The lowest BCUT2D eigenvalue weighted by molar-refractivity contribution is 0.412. The first-order valence-electron chi connectivity index (χ1n) is 10.9. The van der Waals surface area contributed by atoms with Gasteiger partial charge in [-0.05, 0) is 61.0 Å². The number of furan rings is 1. The molecular formula is C26H19N5O3S. The highest BCUT2D eigenvalue weighted by molar-refractivity contribution is 7.15. The SMILES string of the molecule is COc1ccc(-c2nn(-c3ccccc3)cc2/C=c2\sc3nc(-c4ccco4)nn3c2=O)cc1C. The van der Waals surface area contributed by atoms with E-state index in [2.05, 4.69) is 10.1 Å². The van der Waals surface area contributed by atoms with Crippen molar-refractivity contribution in [3.63, 3.8) is 0 Å². The zero-order valence-electron chi connectivity index (χ0n) is 18.9. The van der Waals surface area contributed by atoms with E-state index in [1.54, 1.807) is 25.5 Å². The van der Waals surface area contributed by atoms with Crippen LogP contribution in [0.3, 0.4) is 0 Å². The fraction of sp³-hybridized carbons (Fsp3) is 0.0769. The van der Waals surface area contributed by atoms with Crippen LogP contribution in [0.25, 0.3) is 39.6 Å². The van der Waals surface area contributed by atoms with Gasteiger partial charge in [-0.15, -0.1) is 5.10 Å². The monoisotopic (exact) mass is 481 g/mol. The van der Waals surface area contributed by atoms with Gasteiger partial charge in [0.2, 0.25) is 10.8 Å². The maximum atomic E-state index is 13.1. The molecule has 4 aromatic heterocycles. The zero-order valence-corrected chi connectivity index (χ0v) is 19.7. The van der Waals surface area contributed by atoms with Crippen molar-refractivity contribution >= 4 is 22.4 Å². The number of hydrogen-bond acceptors (Lipinski definition) is 7. The standard InChI is InChI=1S/C26H19N5O3S/c1-16-13-17(10-11-20(16)33-2)23-18(15-30(28-23)19-7-4-3-5-8-19)14-22-25(32)31-26(35-22)27-24(29-31)21-9-6-12-34-21/h3-15H,1-2H3/b22-14-. The molecule has 172 valence electrons. The quantitative estimate of drug-likeness (QED) is 0.368. The number of nitrogens with zero attached hydrogens (tertiary/aromatic N) is 5. The van der Waals surface area contributed by atoms with Crippen molar-refractivity contribution in [2.24, 2.45) is 0 Å². The summed E-state index contributed by atoms with van der Waals surface area (Å²) in [4.78, 5) is 18.1. The second-order valence-electron chi connectivity index (χ2n) is 7.92. The third-order valence-corrected chi connectivity index (χ3v) is 6.60. The van der Waals surface area contributed by atoms with Crippen molar-refractivity contribution in [1.82, 2.24) is 24.4 Å². The number of methoxy groups -OCH3 is 1. The van der Waals surface area contributed by atoms with Gasteiger partial charge in [0.05, 0.1) is 23.6 Å². The Morgan fingerprint density at radius 2 is 1.91 bits per heavy atom. The Bertz CT molecular complexity index is 1770. The maximum Gasteiger partial charge on any atom is 0.291 e. The summed E-state index contributed by atoms with van der Waals surface area (Å²) >= 11 is 1.28. The molecule has 0 spiro atoms. The number of aryl methyl sites for hydroxylation is 1. The molecule has 0 saturated heterocycles. The van der Waals surface area contributed by atoms with Crippen molar-refractivity contribution in [2.45, 2.75) is 6.92 Å². The van der Waals surface area contributed by atoms with Crippen LogP contribution in [0.1, 0.15) is 11.1 Å². The average Bonchev–Trinajstić information content (AvgIpc) is 3.66. The fourth-order valence-corrected chi connectivity index (χ4v) is 4.84.